The van der Waals surface area contributed by atoms with E-state index in [1.54, 1.807) is 45.2 Å². The Morgan fingerprint density at radius 2 is 1.81 bits per heavy atom. The fourth-order valence-electron chi connectivity index (χ4n) is 2.16. The SMILES string of the molecule is COc1ccc(NC(=O)COc2ccc(S(=O)(=O)NC(C)C)cc2Cl)cc1. The number of methoxy groups -OCH3 is 1. The van der Waals surface area contributed by atoms with E-state index in [2.05, 4.69) is 10.0 Å². The van der Waals surface area contributed by atoms with Gasteiger partial charge in [0.25, 0.3) is 5.91 Å². The van der Waals surface area contributed by atoms with Crippen molar-refractivity contribution < 1.29 is 22.7 Å². The zero-order valence-electron chi connectivity index (χ0n) is 15.2. The molecule has 27 heavy (non-hydrogen) atoms. The van der Waals surface area contributed by atoms with Gasteiger partial charge in [-0.2, -0.15) is 0 Å². The van der Waals surface area contributed by atoms with Gasteiger partial charge in [0.05, 0.1) is 17.0 Å². The Bertz CT molecular complexity index is 898. The molecule has 0 saturated heterocycles. The summed E-state index contributed by atoms with van der Waals surface area (Å²) < 4.78 is 37.2. The zero-order valence-corrected chi connectivity index (χ0v) is 16.7. The van der Waals surface area contributed by atoms with Crippen molar-refractivity contribution in [1.82, 2.24) is 4.72 Å². The van der Waals surface area contributed by atoms with Crippen molar-refractivity contribution in [2.75, 3.05) is 19.0 Å². The lowest BCUT2D eigenvalue weighted by atomic mass is 10.3. The first-order chi connectivity index (χ1) is 12.7. The molecule has 0 atom stereocenters. The number of nitrogens with one attached hydrogen (secondary N) is 2. The van der Waals surface area contributed by atoms with E-state index in [0.29, 0.717) is 11.4 Å². The molecule has 0 heterocycles. The molecule has 0 spiro atoms. The number of amides is 1. The van der Waals surface area contributed by atoms with Crippen LogP contribution in [0.3, 0.4) is 0 Å². The van der Waals surface area contributed by atoms with Gasteiger partial charge in [-0.3, -0.25) is 4.79 Å². The first-order valence-corrected chi connectivity index (χ1v) is 9.96. The van der Waals surface area contributed by atoms with Gasteiger partial charge in [0.2, 0.25) is 10.0 Å². The minimum Gasteiger partial charge on any atom is -0.497 e. The zero-order chi connectivity index (χ0) is 20.0. The Hall–Kier alpha value is -2.29. The van der Waals surface area contributed by atoms with E-state index in [1.165, 1.54) is 18.2 Å². The van der Waals surface area contributed by atoms with Crippen LogP contribution in [0.4, 0.5) is 5.69 Å². The molecular weight excluding hydrogens is 392 g/mol. The average Bonchev–Trinajstić information content (AvgIpc) is 2.60. The van der Waals surface area contributed by atoms with Crippen molar-refractivity contribution >= 4 is 33.2 Å². The van der Waals surface area contributed by atoms with Crippen LogP contribution in [0, 0.1) is 0 Å². The molecule has 0 radical (unpaired) electrons. The number of benzene rings is 2. The fraction of sp³-hybridized carbons (Fsp3) is 0.278. The van der Waals surface area contributed by atoms with Crippen molar-refractivity contribution in [3.8, 4) is 11.5 Å². The highest BCUT2D eigenvalue weighted by atomic mass is 35.5. The fourth-order valence-corrected chi connectivity index (χ4v) is 3.74. The number of anilines is 1. The summed E-state index contributed by atoms with van der Waals surface area (Å²) in [6, 6.07) is 10.7. The number of halogens is 1. The van der Waals surface area contributed by atoms with Gasteiger partial charge < -0.3 is 14.8 Å². The molecule has 0 aliphatic rings. The lowest BCUT2D eigenvalue weighted by molar-refractivity contribution is -0.118. The Morgan fingerprint density at radius 1 is 1.15 bits per heavy atom. The summed E-state index contributed by atoms with van der Waals surface area (Å²) in [5.74, 6) is 0.512. The normalized spacial score (nSPS) is 11.3. The van der Waals surface area contributed by atoms with Crippen LogP contribution in [-0.2, 0) is 14.8 Å². The molecule has 0 aromatic heterocycles. The largest absolute Gasteiger partial charge is 0.497 e. The van der Waals surface area contributed by atoms with E-state index in [0.717, 1.165) is 0 Å². The summed E-state index contributed by atoms with van der Waals surface area (Å²) in [6.07, 6.45) is 0. The molecule has 7 nitrogen and oxygen atoms in total. The van der Waals surface area contributed by atoms with E-state index in [-0.39, 0.29) is 34.2 Å². The van der Waals surface area contributed by atoms with E-state index in [4.69, 9.17) is 21.1 Å². The van der Waals surface area contributed by atoms with Gasteiger partial charge >= 0.3 is 0 Å². The Labute approximate surface area is 163 Å². The lowest BCUT2D eigenvalue weighted by Crippen LogP contribution is -2.30. The van der Waals surface area contributed by atoms with Crippen molar-refractivity contribution in [2.24, 2.45) is 0 Å². The Morgan fingerprint density at radius 3 is 2.37 bits per heavy atom. The molecular formula is C18H21ClN2O5S. The summed E-state index contributed by atoms with van der Waals surface area (Å²) in [6.45, 7) is 3.16. The van der Waals surface area contributed by atoms with E-state index in [9.17, 15) is 13.2 Å². The van der Waals surface area contributed by atoms with Gasteiger partial charge in [0, 0.05) is 11.7 Å². The standard InChI is InChI=1S/C18H21ClN2O5S/c1-12(2)21-27(23,24)15-8-9-17(16(19)10-15)26-11-18(22)20-13-4-6-14(25-3)7-5-13/h4-10,12,21H,11H2,1-3H3,(H,20,22). The Balaban J connectivity index is 1.98. The first kappa shape index (κ1) is 21.0. The smallest absolute Gasteiger partial charge is 0.262 e. The molecule has 0 unspecified atom stereocenters. The van der Waals surface area contributed by atoms with Gasteiger partial charge in [-0.1, -0.05) is 11.6 Å². The number of carbonyl (C=O) groups is 1. The monoisotopic (exact) mass is 412 g/mol. The van der Waals surface area contributed by atoms with E-state index in [1.807, 2.05) is 0 Å². The summed E-state index contributed by atoms with van der Waals surface area (Å²) in [5.41, 5.74) is 0.594. The molecule has 1 amide bonds. The number of hydrogen-bond donors (Lipinski definition) is 2. The van der Waals surface area contributed by atoms with E-state index < -0.39 is 10.0 Å². The average molecular weight is 413 g/mol. The maximum atomic E-state index is 12.1. The van der Waals surface area contributed by atoms with Crippen LogP contribution in [0.1, 0.15) is 13.8 Å². The van der Waals surface area contributed by atoms with Crippen LogP contribution in [0.5, 0.6) is 11.5 Å². The number of carbonyl (C=O) groups excluding carboxylic acids is 1. The van der Waals surface area contributed by atoms with Crippen molar-refractivity contribution in [2.45, 2.75) is 24.8 Å². The van der Waals surface area contributed by atoms with E-state index >= 15 is 0 Å². The molecule has 146 valence electrons. The summed E-state index contributed by atoms with van der Waals surface area (Å²) >= 11 is 6.09. The van der Waals surface area contributed by atoms with Gasteiger partial charge in [0.15, 0.2) is 6.61 Å². The molecule has 0 aliphatic heterocycles. The van der Waals surface area contributed by atoms with Crippen molar-refractivity contribution in [3.05, 3.63) is 47.5 Å². The van der Waals surface area contributed by atoms with Gasteiger partial charge in [-0.15, -0.1) is 0 Å². The molecule has 2 aromatic carbocycles. The Kier molecular flexibility index (Phi) is 7.06. The minimum atomic E-state index is -3.66. The molecule has 2 rings (SSSR count). The first-order valence-electron chi connectivity index (χ1n) is 8.10. The lowest BCUT2D eigenvalue weighted by Gasteiger charge is -2.12. The summed E-state index contributed by atoms with van der Waals surface area (Å²) in [4.78, 5) is 12.0. The van der Waals surface area contributed by atoms with Crippen molar-refractivity contribution in [3.63, 3.8) is 0 Å². The van der Waals surface area contributed by atoms with Crippen LogP contribution >= 0.6 is 11.6 Å². The van der Waals surface area contributed by atoms with Gasteiger partial charge in [-0.05, 0) is 56.3 Å². The molecule has 2 aromatic rings. The third-order valence-corrected chi connectivity index (χ3v) is 5.29. The van der Waals surface area contributed by atoms with Crippen LogP contribution in [-0.4, -0.2) is 34.1 Å². The highest BCUT2D eigenvalue weighted by molar-refractivity contribution is 7.89. The second-order valence-corrected chi connectivity index (χ2v) is 8.05. The number of hydrogen-bond acceptors (Lipinski definition) is 5. The number of ether oxygens (including phenoxy) is 2. The van der Waals surface area contributed by atoms with Crippen LogP contribution < -0.4 is 19.5 Å². The third kappa shape index (κ3) is 6.13. The predicted molar refractivity (Wildman–Crippen MR) is 104 cm³/mol. The highest BCUT2D eigenvalue weighted by Gasteiger charge is 2.17. The van der Waals surface area contributed by atoms with Crippen LogP contribution in [0.15, 0.2) is 47.4 Å². The van der Waals surface area contributed by atoms with Crippen LogP contribution in [0.2, 0.25) is 5.02 Å². The number of sulfonamides is 1. The molecule has 9 heteroatoms. The summed E-state index contributed by atoms with van der Waals surface area (Å²) in [5, 5.41) is 2.77. The van der Waals surface area contributed by atoms with Crippen LogP contribution in [0.25, 0.3) is 0 Å². The quantitative estimate of drug-likeness (QED) is 0.695. The van der Waals surface area contributed by atoms with Gasteiger partial charge in [0.1, 0.15) is 11.5 Å². The molecule has 0 bridgehead atoms. The maximum Gasteiger partial charge on any atom is 0.262 e. The molecule has 2 N–H and O–H groups in total. The molecule has 0 aliphatic carbocycles. The topological polar surface area (TPSA) is 93.7 Å². The maximum absolute atomic E-state index is 12.1. The minimum absolute atomic E-state index is 0.0243. The number of rotatable bonds is 8. The second kappa shape index (κ2) is 9.07. The van der Waals surface area contributed by atoms with Crippen molar-refractivity contribution in [1.29, 1.82) is 0 Å². The third-order valence-electron chi connectivity index (χ3n) is 3.34. The highest BCUT2D eigenvalue weighted by Crippen LogP contribution is 2.27. The predicted octanol–water partition coefficient (Wildman–Crippen LogP) is 3.05. The molecule has 0 saturated carbocycles. The second-order valence-electron chi connectivity index (χ2n) is 5.93. The summed E-state index contributed by atoms with van der Waals surface area (Å²) in [7, 11) is -2.10. The molecule has 0 fully saturated rings. The van der Waals surface area contributed by atoms with Gasteiger partial charge in [-0.25, -0.2) is 13.1 Å².